The first-order chi connectivity index (χ1) is 11.2. The molecular formula is C18H23N3O2. The summed E-state index contributed by atoms with van der Waals surface area (Å²) >= 11 is 0. The van der Waals surface area contributed by atoms with Crippen molar-refractivity contribution < 1.29 is 9.47 Å². The second kappa shape index (κ2) is 6.96. The number of rotatable bonds is 4. The molecular weight excluding hydrogens is 290 g/mol. The van der Waals surface area contributed by atoms with Crippen LogP contribution in [-0.4, -0.2) is 36.8 Å². The van der Waals surface area contributed by atoms with E-state index in [2.05, 4.69) is 33.9 Å². The van der Waals surface area contributed by atoms with Crippen molar-refractivity contribution in [3.8, 4) is 5.75 Å². The Morgan fingerprint density at radius 2 is 2.17 bits per heavy atom. The molecule has 1 aromatic heterocycles. The first-order valence-electron chi connectivity index (χ1n) is 8.04. The highest BCUT2D eigenvalue weighted by molar-refractivity contribution is 5.41. The number of aryl methyl sites for hydroxylation is 2. The maximum atomic E-state index is 5.96. The molecule has 122 valence electrons. The number of aromatic nitrogens is 2. The van der Waals surface area contributed by atoms with E-state index < -0.39 is 0 Å². The van der Waals surface area contributed by atoms with Gasteiger partial charge < -0.3 is 14.4 Å². The van der Waals surface area contributed by atoms with Crippen LogP contribution in [0.15, 0.2) is 30.3 Å². The van der Waals surface area contributed by atoms with Crippen molar-refractivity contribution in [3.63, 3.8) is 0 Å². The number of benzene rings is 1. The van der Waals surface area contributed by atoms with Crippen molar-refractivity contribution >= 4 is 5.82 Å². The van der Waals surface area contributed by atoms with E-state index in [1.54, 1.807) is 7.11 Å². The molecule has 0 aliphatic carbocycles. The summed E-state index contributed by atoms with van der Waals surface area (Å²) in [6.07, 6.45) is 0.944. The number of methoxy groups -OCH3 is 1. The first-order valence-corrected chi connectivity index (χ1v) is 8.04. The molecule has 1 fully saturated rings. The van der Waals surface area contributed by atoms with Crippen molar-refractivity contribution in [1.29, 1.82) is 0 Å². The van der Waals surface area contributed by atoms with Gasteiger partial charge in [-0.25, -0.2) is 9.97 Å². The normalized spacial score (nSPS) is 18.0. The molecule has 1 atom stereocenters. The van der Waals surface area contributed by atoms with Crippen LogP contribution in [0, 0.1) is 6.92 Å². The summed E-state index contributed by atoms with van der Waals surface area (Å²) in [6, 6.07) is 10.2. The molecule has 5 heteroatoms. The van der Waals surface area contributed by atoms with Gasteiger partial charge in [-0.3, -0.25) is 0 Å². The fourth-order valence-electron chi connectivity index (χ4n) is 2.86. The van der Waals surface area contributed by atoms with Gasteiger partial charge >= 0.3 is 0 Å². The van der Waals surface area contributed by atoms with Crippen LogP contribution in [0.2, 0.25) is 0 Å². The van der Waals surface area contributed by atoms with E-state index in [1.165, 1.54) is 0 Å². The zero-order valence-corrected chi connectivity index (χ0v) is 14.0. The van der Waals surface area contributed by atoms with Gasteiger partial charge in [0, 0.05) is 24.8 Å². The van der Waals surface area contributed by atoms with E-state index >= 15 is 0 Å². The van der Waals surface area contributed by atoms with Gasteiger partial charge in [-0.1, -0.05) is 19.1 Å². The number of hydrogen-bond acceptors (Lipinski definition) is 5. The van der Waals surface area contributed by atoms with E-state index in [0.29, 0.717) is 6.61 Å². The molecule has 2 heterocycles. The predicted molar refractivity (Wildman–Crippen MR) is 90.0 cm³/mol. The van der Waals surface area contributed by atoms with Crippen molar-refractivity contribution in [2.24, 2.45) is 0 Å². The molecule has 0 amide bonds. The highest BCUT2D eigenvalue weighted by Crippen LogP contribution is 2.27. The Bertz CT molecular complexity index is 675. The number of morpholine rings is 1. The molecule has 23 heavy (non-hydrogen) atoms. The van der Waals surface area contributed by atoms with Crippen LogP contribution in [0.25, 0.3) is 0 Å². The van der Waals surface area contributed by atoms with Crippen LogP contribution < -0.4 is 9.64 Å². The van der Waals surface area contributed by atoms with Crippen LogP contribution in [0.1, 0.15) is 30.1 Å². The third kappa shape index (κ3) is 3.62. The number of ether oxygens (including phenoxy) is 2. The van der Waals surface area contributed by atoms with Crippen molar-refractivity contribution in [3.05, 3.63) is 47.4 Å². The lowest BCUT2D eigenvalue weighted by molar-refractivity contribution is 0.0394. The molecule has 1 aromatic carbocycles. The Balaban J connectivity index is 1.81. The Morgan fingerprint density at radius 1 is 1.30 bits per heavy atom. The number of anilines is 1. The summed E-state index contributed by atoms with van der Waals surface area (Å²) in [5, 5.41) is 0. The van der Waals surface area contributed by atoms with Gasteiger partial charge in [-0.2, -0.15) is 0 Å². The van der Waals surface area contributed by atoms with Gasteiger partial charge in [-0.05, 0) is 31.0 Å². The molecule has 0 spiro atoms. The minimum atomic E-state index is 0.0270. The molecule has 0 bridgehead atoms. The molecule has 3 rings (SSSR count). The fraction of sp³-hybridized carbons (Fsp3) is 0.444. The monoisotopic (exact) mass is 313 g/mol. The van der Waals surface area contributed by atoms with Crippen LogP contribution in [-0.2, 0) is 11.2 Å². The van der Waals surface area contributed by atoms with E-state index in [-0.39, 0.29) is 6.10 Å². The van der Waals surface area contributed by atoms with E-state index in [9.17, 15) is 0 Å². The summed E-state index contributed by atoms with van der Waals surface area (Å²) in [5.74, 6) is 2.67. The fourth-order valence-corrected chi connectivity index (χ4v) is 2.86. The van der Waals surface area contributed by atoms with Gasteiger partial charge in [0.2, 0.25) is 0 Å². The van der Waals surface area contributed by atoms with Gasteiger partial charge in [0.15, 0.2) is 0 Å². The summed E-state index contributed by atoms with van der Waals surface area (Å²) in [4.78, 5) is 11.3. The Kier molecular flexibility index (Phi) is 4.76. The second-order valence-electron chi connectivity index (χ2n) is 5.70. The molecule has 2 aromatic rings. The highest BCUT2D eigenvalue weighted by atomic mass is 16.5. The maximum Gasteiger partial charge on any atom is 0.132 e. The average molecular weight is 313 g/mol. The smallest absolute Gasteiger partial charge is 0.132 e. The van der Waals surface area contributed by atoms with Crippen molar-refractivity contribution in [2.45, 2.75) is 26.4 Å². The molecule has 0 radical (unpaired) electrons. The SMILES string of the molecule is CCc1cc(N2CCOC(c3cccc(OC)c3)C2)nc(C)n1. The quantitative estimate of drug-likeness (QED) is 0.868. The second-order valence-corrected chi connectivity index (χ2v) is 5.70. The summed E-state index contributed by atoms with van der Waals surface area (Å²) in [7, 11) is 1.68. The minimum absolute atomic E-state index is 0.0270. The largest absolute Gasteiger partial charge is 0.497 e. The standard InChI is InChI=1S/C18H23N3O2/c1-4-15-11-18(20-13(2)19-15)21-8-9-23-17(12-21)14-6-5-7-16(10-14)22-3/h5-7,10-11,17H,4,8-9,12H2,1-3H3. The lowest BCUT2D eigenvalue weighted by Crippen LogP contribution is -2.39. The number of hydrogen-bond donors (Lipinski definition) is 0. The van der Waals surface area contributed by atoms with Crippen LogP contribution in [0.5, 0.6) is 5.75 Å². The molecule has 1 saturated heterocycles. The van der Waals surface area contributed by atoms with E-state index in [4.69, 9.17) is 9.47 Å². The Hall–Kier alpha value is -2.14. The van der Waals surface area contributed by atoms with E-state index in [1.807, 2.05) is 25.1 Å². The number of nitrogens with zero attached hydrogens (tertiary/aromatic N) is 3. The van der Waals surface area contributed by atoms with E-state index in [0.717, 1.165) is 48.2 Å². The van der Waals surface area contributed by atoms with Crippen LogP contribution in [0.4, 0.5) is 5.82 Å². The zero-order valence-electron chi connectivity index (χ0n) is 14.0. The molecule has 1 aliphatic heterocycles. The molecule has 0 saturated carbocycles. The van der Waals surface area contributed by atoms with Crippen molar-refractivity contribution in [1.82, 2.24) is 9.97 Å². The molecule has 5 nitrogen and oxygen atoms in total. The topological polar surface area (TPSA) is 47.5 Å². The van der Waals surface area contributed by atoms with Gasteiger partial charge in [0.25, 0.3) is 0 Å². The summed E-state index contributed by atoms with van der Waals surface area (Å²) in [6.45, 7) is 6.38. The predicted octanol–water partition coefficient (Wildman–Crippen LogP) is 2.93. The Labute approximate surface area is 137 Å². The first kappa shape index (κ1) is 15.7. The minimum Gasteiger partial charge on any atom is -0.497 e. The lowest BCUT2D eigenvalue weighted by Gasteiger charge is -2.34. The average Bonchev–Trinajstić information content (AvgIpc) is 2.61. The van der Waals surface area contributed by atoms with Crippen molar-refractivity contribution in [2.75, 3.05) is 31.7 Å². The van der Waals surface area contributed by atoms with Crippen LogP contribution >= 0.6 is 0 Å². The van der Waals surface area contributed by atoms with Crippen LogP contribution in [0.3, 0.4) is 0 Å². The molecule has 0 N–H and O–H groups in total. The summed E-state index contributed by atoms with van der Waals surface area (Å²) < 4.78 is 11.3. The Morgan fingerprint density at radius 3 is 2.96 bits per heavy atom. The maximum absolute atomic E-state index is 5.96. The van der Waals surface area contributed by atoms with Gasteiger partial charge in [-0.15, -0.1) is 0 Å². The molecule has 1 unspecified atom stereocenters. The van der Waals surface area contributed by atoms with Gasteiger partial charge in [0.1, 0.15) is 23.5 Å². The zero-order chi connectivity index (χ0) is 16.2. The highest BCUT2D eigenvalue weighted by Gasteiger charge is 2.23. The lowest BCUT2D eigenvalue weighted by atomic mass is 10.1. The van der Waals surface area contributed by atoms with Gasteiger partial charge in [0.05, 0.1) is 13.7 Å². The third-order valence-corrected chi connectivity index (χ3v) is 4.10. The third-order valence-electron chi connectivity index (χ3n) is 4.10. The molecule has 1 aliphatic rings. The summed E-state index contributed by atoms with van der Waals surface area (Å²) in [5.41, 5.74) is 2.22.